The Morgan fingerprint density at radius 1 is 1.48 bits per heavy atom. The summed E-state index contributed by atoms with van der Waals surface area (Å²) in [5.41, 5.74) is -0.294. The normalized spacial score (nSPS) is 21.8. The lowest BCUT2D eigenvalue weighted by molar-refractivity contribution is -0.169. The number of aliphatic hydroxyl groups is 1. The van der Waals surface area contributed by atoms with E-state index in [2.05, 4.69) is 4.98 Å². The summed E-state index contributed by atoms with van der Waals surface area (Å²) >= 11 is 0. The van der Waals surface area contributed by atoms with E-state index in [9.17, 15) is 13.5 Å². The van der Waals surface area contributed by atoms with Crippen molar-refractivity contribution in [1.29, 1.82) is 0 Å². The van der Waals surface area contributed by atoms with Gasteiger partial charge in [-0.1, -0.05) is 0 Å². The standard InChI is InChI=1S/C15H23NO6S/c1-15(17,11-22-23(2,18)19)12-6-7-16-13(9-12)10-21-14-5-3-4-8-20-14/h6-7,9,14,17H,3-5,8,10-11H2,1-2H3/t14?,15-/m1/s1. The maximum absolute atomic E-state index is 11.1. The Hall–Kier alpha value is -1.06. The number of aromatic nitrogens is 1. The molecule has 0 bridgehead atoms. The van der Waals surface area contributed by atoms with Crippen LogP contribution < -0.4 is 0 Å². The monoisotopic (exact) mass is 345 g/mol. The Morgan fingerprint density at radius 2 is 2.26 bits per heavy atom. The highest BCUT2D eigenvalue weighted by Crippen LogP contribution is 2.22. The van der Waals surface area contributed by atoms with Gasteiger partial charge < -0.3 is 14.6 Å². The van der Waals surface area contributed by atoms with E-state index in [4.69, 9.17) is 13.7 Å². The van der Waals surface area contributed by atoms with Gasteiger partial charge in [-0.15, -0.1) is 0 Å². The highest BCUT2D eigenvalue weighted by Gasteiger charge is 2.26. The van der Waals surface area contributed by atoms with Gasteiger partial charge in [-0.25, -0.2) is 0 Å². The third-order valence-corrected chi connectivity index (χ3v) is 4.09. The van der Waals surface area contributed by atoms with E-state index in [0.717, 1.165) is 25.5 Å². The zero-order valence-electron chi connectivity index (χ0n) is 13.4. The van der Waals surface area contributed by atoms with Crippen LogP contribution in [0.15, 0.2) is 18.3 Å². The lowest BCUT2D eigenvalue weighted by Crippen LogP contribution is -2.29. The molecule has 1 fully saturated rings. The molecule has 2 heterocycles. The average molecular weight is 345 g/mol. The third kappa shape index (κ3) is 6.15. The smallest absolute Gasteiger partial charge is 0.264 e. The van der Waals surface area contributed by atoms with Gasteiger partial charge in [0.1, 0.15) is 5.60 Å². The molecule has 1 aromatic heterocycles. The summed E-state index contributed by atoms with van der Waals surface area (Å²) in [7, 11) is -3.62. The second-order valence-corrected chi connectivity index (χ2v) is 7.53. The van der Waals surface area contributed by atoms with Gasteiger partial charge in [0.15, 0.2) is 6.29 Å². The van der Waals surface area contributed by atoms with Gasteiger partial charge in [0.2, 0.25) is 0 Å². The van der Waals surface area contributed by atoms with Crippen LogP contribution >= 0.6 is 0 Å². The van der Waals surface area contributed by atoms with Crippen LogP contribution in [0.4, 0.5) is 0 Å². The van der Waals surface area contributed by atoms with Crippen LogP contribution in [-0.2, 0) is 36.0 Å². The quantitative estimate of drug-likeness (QED) is 0.744. The van der Waals surface area contributed by atoms with Gasteiger partial charge in [-0.3, -0.25) is 9.17 Å². The van der Waals surface area contributed by atoms with Crippen molar-refractivity contribution in [3.05, 3.63) is 29.6 Å². The molecule has 0 aromatic carbocycles. The van der Waals surface area contributed by atoms with Crippen LogP contribution in [0.2, 0.25) is 0 Å². The molecule has 1 aliphatic heterocycles. The van der Waals surface area contributed by atoms with Crippen molar-refractivity contribution in [2.75, 3.05) is 19.5 Å². The van der Waals surface area contributed by atoms with Gasteiger partial charge in [0.25, 0.3) is 10.1 Å². The SMILES string of the molecule is C[C@@](O)(COS(C)(=O)=O)c1ccnc(COC2CCCCO2)c1. The summed E-state index contributed by atoms with van der Waals surface area (Å²) in [5.74, 6) is 0. The van der Waals surface area contributed by atoms with Crippen LogP contribution in [0.5, 0.6) is 0 Å². The van der Waals surface area contributed by atoms with Crippen LogP contribution in [0.25, 0.3) is 0 Å². The summed E-state index contributed by atoms with van der Waals surface area (Å²) in [6.07, 6.45) is 5.26. The summed E-state index contributed by atoms with van der Waals surface area (Å²) in [4.78, 5) is 4.20. The van der Waals surface area contributed by atoms with Gasteiger partial charge in [0.05, 0.1) is 25.2 Å². The Morgan fingerprint density at radius 3 is 2.91 bits per heavy atom. The molecule has 0 radical (unpaired) electrons. The molecule has 0 saturated carbocycles. The number of pyridine rings is 1. The van der Waals surface area contributed by atoms with E-state index in [0.29, 0.717) is 17.9 Å². The fraction of sp³-hybridized carbons (Fsp3) is 0.667. The van der Waals surface area contributed by atoms with Crippen LogP contribution in [0.1, 0.15) is 37.4 Å². The lowest BCUT2D eigenvalue weighted by atomic mass is 9.97. The van der Waals surface area contributed by atoms with Crippen molar-refractivity contribution in [3.8, 4) is 0 Å². The first kappa shape index (κ1) is 18.3. The van der Waals surface area contributed by atoms with Crippen molar-refractivity contribution < 1.29 is 27.2 Å². The molecule has 0 amide bonds. The van der Waals surface area contributed by atoms with E-state index >= 15 is 0 Å². The number of ether oxygens (including phenoxy) is 2. The topological polar surface area (TPSA) is 95.0 Å². The number of hydrogen-bond donors (Lipinski definition) is 1. The van der Waals surface area contributed by atoms with Gasteiger partial charge in [-0.2, -0.15) is 8.42 Å². The van der Waals surface area contributed by atoms with E-state index in [1.54, 1.807) is 18.3 Å². The Labute approximate surface area is 136 Å². The maximum Gasteiger partial charge on any atom is 0.264 e. The molecule has 130 valence electrons. The fourth-order valence-electron chi connectivity index (χ4n) is 2.22. The third-order valence-electron chi connectivity index (χ3n) is 3.55. The van der Waals surface area contributed by atoms with E-state index in [1.165, 1.54) is 6.92 Å². The van der Waals surface area contributed by atoms with Crippen LogP contribution in [-0.4, -0.2) is 44.3 Å². The maximum atomic E-state index is 11.1. The van der Waals surface area contributed by atoms with Crippen LogP contribution in [0.3, 0.4) is 0 Å². The first-order valence-corrected chi connectivity index (χ1v) is 9.33. The molecule has 1 aliphatic rings. The Kier molecular flexibility index (Phi) is 6.10. The predicted molar refractivity (Wildman–Crippen MR) is 83.0 cm³/mol. The van der Waals surface area contributed by atoms with Crippen molar-refractivity contribution >= 4 is 10.1 Å². The molecular formula is C15H23NO6S. The molecule has 1 N–H and O–H groups in total. The minimum Gasteiger partial charge on any atom is -0.383 e. The summed E-state index contributed by atoms with van der Waals surface area (Å²) < 4.78 is 38.0. The highest BCUT2D eigenvalue weighted by atomic mass is 32.2. The number of hydrogen-bond acceptors (Lipinski definition) is 7. The molecule has 0 aliphatic carbocycles. The second kappa shape index (κ2) is 7.67. The molecule has 23 heavy (non-hydrogen) atoms. The van der Waals surface area contributed by atoms with E-state index in [-0.39, 0.29) is 19.5 Å². The first-order chi connectivity index (χ1) is 10.8. The molecule has 0 spiro atoms. The molecule has 8 heteroatoms. The van der Waals surface area contributed by atoms with Crippen molar-refractivity contribution in [1.82, 2.24) is 4.98 Å². The number of nitrogens with zero attached hydrogens (tertiary/aromatic N) is 1. The Balaban J connectivity index is 1.97. The minimum absolute atomic E-state index is 0.219. The molecule has 1 unspecified atom stereocenters. The number of rotatable bonds is 7. The zero-order chi connectivity index (χ0) is 16.9. The zero-order valence-corrected chi connectivity index (χ0v) is 14.2. The van der Waals surface area contributed by atoms with Gasteiger partial charge in [-0.05, 0) is 43.9 Å². The van der Waals surface area contributed by atoms with Gasteiger partial charge in [0, 0.05) is 12.8 Å². The summed E-state index contributed by atoms with van der Waals surface area (Å²) in [5, 5.41) is 10.4. The highest BCUT2D eigenvalue weighted by molar-refractivity contribution is 7.85. The molecule has 2 atom stereocenters. The summed E-state index contributed by atoms with van der Waals surface area (Å²) in [6, 6.07) is 3.29. The largest absolute Gasteiger partial charge is 0.383 e. The molecule has 1 aromatic rings. The summed E-state index contributed by atoms with van der Waals surface area (Å²) in [6.45, 7) is 2.10. The second-order valence-electron chi connectivity index (χ2n) is 5.88. The fourth-order valence-corrected chi connectivity index (χ4v) is 2.66. The molecular weight excluding hydrogens is 322 g/mol. The average Bonchev–Trinajstić information content (AvgIpc) is 2.52. The first-order valence-electron chi connectivity index (χ1n) is 7.52. The Bertz CT molecular complexity index is 610. The van der Waals surface area contributed by atoms with Crippen molar-refractivity contribution in [2.24, 2.45) is 0 Å². The van der Waals surface area contributed by atoms with Crippen molar-refractivity contribution in [2.45, 2.75) is 44.7 Å². The van der Waals surface area contributed by atoms with E-state index in [1.807, 2.05) is 0 Å². The lowest BCUT2D eigenvalue weighted by Gasteiger charge is -2.24. The minimum atomic E-state index is -3.62. The molecule has 1 saturated heterocycles. The van der Waals surface area contributed by atoms with E-state index < -0.39 is 15.7 Å². The predicted octanol–water partition coefficient (Wildman–Crippen LogP) is 1.31. The van der Waals surface area contributed by atoms with Crippen molar-refractivity contribution in [3.63, 3.8) is 0 Å². The molecule has 7 nitrogen and oxygen atoms in total. The molecule has 2 rings (SSSR count). The van der Waals surface area contributed by atoms with Gasteiger partial charge >= 0.3 is 0 Å². The van der Waals surface area contributed by atoms with Crippen LogP contribution in [0, 0.1) is 0 Å².